The van der Waals surface area contributed by atoms with Gasteiger partial charge in [-0.1, -0.05) is 40.0 Å². The third kappa shape index (κ3) is 2.99. The van der Waals surface area contributed by atoms with Crippen LogP contribution in [0.3, 0.4) is 0 Å². The van der Waals surface area contributed by atoms with Crippen molar-refractivity contribution in [2.24, 2.45) is 5.92 Å². The molecule has 0 aliphatic heterocycles. The fraction of sp³-hybridized carbons (Fsp3) is 0.929. The molecule has 0 aromatic rings. The van der Waals surface area contributed by atoms with Gasteiger partial charge in [0.25, 0.3) is 0 Å². The summed E-state index contributed by atoms with van der Waals surface area (Å²) >= 11 is 0. The Balaban J connectivity index is 2.72. The van der Waals surface area contributed by atoms with E-state index in [1.165, 1.54) is 32.1 Å². The van der Waals surface area contributed by atoms with Crippen LogP contribution in [0.5, 0.6) is 0 Å². The number of carbonyl (C=O) groups excluding carboxylic acids is 1. The van der Waals surface area contributed by atoms with Crippen molar-refractivity contribution in [2.45, 2.75) is 77.7 Å². The van der Waals surface area contributed by atoms with Crippen LogP contribution in [0.15, 0.2) is 0 Å². The monoisotopic (exact) mass is 226 g/mol. The van der Waals surface area contributed by atoms with E-state index in [1.54, 1.807) is 0 Å². The fourth-order valence-electron chi connectivity index (χ4n) is 2.98. The SMILES string of the molecule is CCC(=O)OC(CC)(CC)C1CCCCC1. The summed E-state index contributed by atoms with van der Waals surface area (Å²) in [5, 5.41) is 0. The normalized spacial score (nSPS) is 18.4. The number of hydrogen-bond donors (Lipinski definition) is 0. The Kier molecular flexibility index (Phi) is 5.30. The average Bonchev–Trinajstić information content (AvgIpc) is 2.37. The maximum Gasteiger partial charge on any atom is 0.306 e. The number of hydrogen-bond acceptors (Lipinski definition) is 2. The van der Waals surface area contributed by atoms with Gasteiger partial charge in [-0.15, -0.1) is 0 Å². The first-order valence-corrected chi connectivity index (χ1v) is 6.90. The van der Waals surface area contributed by atoms with Crippen molar-refractivity contribution in [1.29, 1.82) is 0 Å². The summed E-state index contributed by atoms with van der Waals surface area (Å²) in [5.41, 5.74) is -0.173. The van der Waals surface area contributed by atoms with Gasteiger partial charge in [0, 0.05) is 6.42 Å². The quantitative estimate of drug-likeness (QED) is 0.660. The predicted octanol–water partition coefficient (Wildman–Crippen LogP) is 4.08. The Morgan fingerprint density at radius 3 is 2.12 bits per heavy atom. The molecule has 0 aromatic heterocycles. The zero-order chi connectivity index (χ0) is 12.0. The van der Waals surface area contributed by atoms with Gasteiger partial charge < -0.3 is 4.74 Å². The van der Waals surface area contributed by atoms with Gasteiger partial charge in [0.2, 0.25) is 0 Å². The lowest BCUT2D eigenvalue weighted by Crippen LogP contribution is -2.42. The highest BCUT2D eigenvalue weighted by Gasteiger charge is 2.39. The van der Waals surface area contributed by atoms with E-state index in [0.717, 1.165) is 12.8 Å². The zero-order valence-electron chi connectivity index (χ0n) is 11.1. The van der Waals surface area contributed by atoms with Crippen LogP contribution in [-0.2, 0) is 9.53 Å². The lowest BCUT2D eigenvalue weighted by molar-refractivity contribution is -0.169. The van der Waals surface area contributed by atoms with E-state index in [-0.39, 0.29) is 11.6 Å². The third-order valence-electron chi connectivity index (χ3n) is 4.15. The van der Waals surface area contributed by atoms with Crippen molar-refractivity contribution in [1.82, 2.24) is 0 Å². The van der Waals surface area contributed by atoms with Crippen LogP contribution in [0.25, 0.3) is 0 Å². The molecule has 2 nitrogen and oxygen atoms in total. The van der Waals surface area contributed by atoms with Gasteiger partial charge in [-0.3, -0.25) is 4.79 Å². The maximum absolute atomic E-state index is 11.6. The van der Waals surface area contributed by atoms with Crippen LogP contribution in [0.2, 0.25) is 0 Å². The zero-order valence-corrected chi connectivity index (χ0v) is 11.1. The molecule has 0 saturated heterocycles. The number of carbonyl (C=O) groups is 1. The highest BCUT2D eigenvalue weighted by Crippen LogP contribution is 2.39. The number of ether oxygens (including phenoxy) is 1. The summed E-state index contributed by atoms with van der Waals surface area (Å²) in [4.78, 5) is 11.6. The van der Waals surface area contributed by atoms with E-state index in [9.17, 15) is 4.79 Å². The molecule has 2 heteroatoms. The van der Waals surface area contributed by atoms with Crippen LogP contribution >= 0.6 is 0 Å². The van der Waals surface area contributed by atoms with Crippen molar-refractivity contribution >= 4 is 5.97 Å². The van der Waals surface area contributed by atoms with Crippen molar-refractivity contribution in [3.05, 3.63) is 0 Å². The Hall–Kier alpha value is -0.530. The minimum absolute atomic E-state index is 0.0331. The molecule has 1 fully saturated rings. The first-order chi connectivity index (χ1) is 7.68. The Labute approximate surface area is 99.8 Å². The topological polar surface area (TPSA) is 26.3 Å². The first-order valence-electron chi connectivity index (χ1n) is 6.90. The minimum atomic E-state index is -0.173. The molecular weight excluding hydrogens is 200 g/mol. The van der Waals surface area contributed by atoms with Gasteiger partial charge >= 0.3 is 5.97 Å². The van der Waals surface area contributed by atoms with Crippen LogP contribution in [0.4, 0.5) is 0 Å². The molecule has 1 rings (SSSR count). The van der Waals surface area contributed by atoms with E-state index in [4.69, 9.17) is 4.74 Å². The highest BCUT2D eigenvalue weighted by atomic mass is 16.6. The molecule has 1 aliphatic carbocycles. The summed E-state index contributed by atoms with van der Waals surface area (Å²) < 4.78 is 5.79. The summed E-state index contributed by atoms with van der Waals surface area (Å²) in [7, 11) is 0. The van der Waals surface area contributed by atoms with Crippen LogP contribution in [-0.4, -0.2) is 11.6 Å². The number of rotatable bonds is 5. The summed E-state index contributed by atoms with van der Waals surface area (Å²) in [5.74, 6) is 0.557. The molecule has 1 aliphatic rings. The van der Waals surface area contributed by atoms with Crippen molar-refractivity contribution < 1.29 is 9.53 Å². The summed E-state index contributed by atoms with van der Waals surface area (Å²) in [6.07, 6.45) is 8.83. The van der Waals surface area contributed by atoms with Crippen LogP contribution in [0, 0.1) is 5.92 Å². The highest BCUT2D eigenvalue weighted by molar-refractivity contribution is 5.69. The lowest BCUT2D eigenvalue weighted by atomic mass is 9.74. The molecule has 0 unspecified atom stereocenters. The molecule has 16 heavy (non-hydrogen) atoms. The molecule has 94 valence electrons. The summed E-state index contributed by atoms with van der Waals surface area (Å²) in [6, 6.07) is 0. The van der Waals surface area contributed by atoms with Crippen LogP contribution < -0.4 is 0 Å². The van der Waals surface area contributed by atoms with E-state index in [1.807, 2.05) is 6.92 Å². The standard InChI is InChI=1S/C14H26O2/c1-4-13(15)16-14(5-2,6-3)12-10-8-7-9-11-12/h12H,4-11H2,1-3H3. The van der Waals surface area contributed by atoms with Crippen molar-refractivity contribution in [3.63, 3.8) is 0 Å². The Morgan fingerprint density at radius 2 is 1.69 bits per heavy atom. The second kappa shape index (κ2) is 6.27. The van der Waals surface area contributed by atoms with Crippen LogP contribution in [0.1, 0.15) is 72.1 Å². The molecule has 0 atom stereocenters. The Bertz CT molecular complexity index is 213. The van der Waals surface area contributed by atoms with Gasteiger partial charge in [-0.2, -0.15) is 0 Å². The van der Waals surface area contributed by atoms with Gasteiger partial charge in [-0.05, 0) is 31.6 Å². The molecule has 0 amide bonds. The second-order valence-electron chi connectivity index (χ2n) is 4.93. The maximum atomic E-state index is 11.6. The van der Waals surface area contributed by atoms with E-state index in [0.29, 0.717) is 12.3 Å². The third-order valence-corrected chi connectivity index (χ3v) is 4.15. The summed E-state index contributed by atoms with van der Waals surface area (Å²) in [6.45, 7) is 6.18. The number of esters is 1. The first kappa shape index (κ1) is 13.5. The second-order valence-corrected chi connectivity index (χ2v) is 4.93. The fourth-order valence-corrected chi connectivity index (χ4v) is 2.98. The van der Waals surface area contributed by atoms with Gasteiger partial charge in [0.15, 0.2) is 0 Å². The Morgan fingerprint density at radius 1 is 1.12 bits per heavy atom. The molecule has 0 bridgehead atoms. The molecule has 0 N–H and O–H groups in total. The van der Waals surface area contributed by atoms with Gasteiger partial charge in [0.1, 0.15) is 5.60 Å². The molecular formula is C14H26O2. The van der Waals surface area contributed by atoms with Gasteiger partial charge in [0.05, 0.1) is 0 Å². The largest absolute Gasteiger partial charge is 0.459 e. The molecule has 0 radical (unpaired) electrons. The van der Waals surface area contributed by atoms with E-state index >= 15 is 0 Å². The van der Waals surface area contributed by atoms with Crippen molar-refractivity contribution in [2.75, 3.05) is 0 Å². The molecule has 0 aromatic carbocycles. The lowest BCUT2D eigenvalue weighted by Gasteiger charge is -2.41. The molecule has 1 saturated carbocycles. The van der Waals surface area contributed by atoms with E-state index < -0.39 is 0 Å². The average molecular weight is 226 g/mol. The minimum Gasteiger partial charge on any atom is -0.459 e. The van der Waals surface area contributed by atoms with E-state index in [2.05, 4.69) is 13.8 Å². The predicted molar refractivity (Wildman–Crippen MR) is 66.3 cm³/mol. The molecule has 0 heterocycles. The molecule has 0 spiro atoms. The van der Waals surface area contributed by atoms with Crippen molar-refractivity contribution in [3.8, 4) is 0 Å². The van der Waals surface area contributed by atoms with Gasteiger partial charge in [-0.25, -0.2) is 0 Å². The smallest absolute Gasteiger partial charge is 0.306 e.